The number of hydrogen-bond acceptors (Lipinski definition) is 4. The van der Waals surface area contributed by atoms with E-state index in [4.69, 9.17) is 10.2 Å². The van der Waals surface area contributed by atoms with E-state index in [1.165, 1.54) is 18.5 Å². The van der Waals surface area contributed by atoms with Gasteiger partial charge in [0.05, 0.1) is 12.2 Å². The van der Waals surface area contributed by atoms with E-state index in [9.17, 15) is 9.59 Å². The highest BCUT2D eigenvalue weighted by atomic mass is 16.4. The largest absolute Gasteiger partial charge is 0.480 e. The fraction of sp³-hybridized carbons (Fsp3) is 0.222. The number of hydrogen-bond donors (Lipinski definition) is 3. The predicted octanol–water partition coefficient (Wildman–Crippen LogP) is -0.743. The molecule has 80 valence electrons. The fourth-order valence-corrected chi connectivity index (χ4v) is 0.924. The summed E-state index contributed by atoms with van der Waals surface area (Å²) in [7, 11) is 0. The molecule has 1 aromatic rings. The zero-order valence-electron chi connectivity index (χ0n) is 7.75. The van der Waals surface area contributed by atoms with Crippen LogP contribution in [0.25, 0.3) is 0 Å². The van der Waals surface area contributed by atoms with Gasteiger partial charge in [-0.05, 0) is 12.1 Å². The van der Waals surface area contributed by atoms with Gasteiger partial charge in [-0.15, -0.1) is 0 Å². The molecule has 0 radical (unpaired) electrons. The smallest absolute Gasteiger partial charge is 0.328 e. The maximum Gasteiger partial charge on any atom is 0.328 e. The van der Waals surface area contributed by atoms with Gasteiger partial charge in [0.1, 0.15) is 0 Å². The molecule has 0 aliphatic carbocycles. The first-order valence-corrected chi connectivity index (χ1v) is 4.19. The second kappa shape index (κ2) is 5.06. The number of aliphatic hydroxyl groups is 1. The number of aliphatic carboxylic acids is 1. The van der Waals surface area contributed by atoms with Crippen LogP contribution in [0.4, 0.5) is 0 Å². The molecule has 0 aliphatic rings. The molecule has 0 aliphatic heterocycles. The average Bonchev–Trinajstić information content (AvgIpc) is 2.26. The van der Waals surface area contributed by atoms with Gasteiger partial charge in [0.25, 0.3) is 5.91 Å². The second-order valence-corrected chi connectivity index (χ2v) is 2.79. The van der Waals surface area contributed by atoms with Crippen molar-refractivity contribution in [2.45, 2.75) is 6.04 Å². The van der Waals surface area contributed by atoms with Crippen molar-refractivity contribution in [1.29, 1.82) is 0 Å². The summed E-state index contributed by atoms with van der Waals surface area (Å²) in [6.07, 6.45) is 2.81. The number of carbonyl (C=O) groups is 2. The molecule has 1 atom stereocenters. The van der Waals surface area contributed by atoms with Crippen molar-refractivity contribution in [3.05, 3.63) is 30.1 Å². The number of rotatable bonds is 4. The van der Waals surface area contributed by atoms with E-state index in [1.54, 1.807) is 6.07 Å². The lowest BCUT2D eigenvalue weighted by molar-refractivity contribution is -0.140. The zero-order valence-corrected chi connectivity index (χ0v) is 7.75. The standard InChI is InChI=1S/C9H10N2O4/c12-5-7(9(14)15)11-8(13)6-2-1-3-10-4-6/h1-4,7,12H,5H2,(H,11,13)(H,14,15). The van der Waals surface area contributed by atoms with Gasteiger partial charge in [0.15, 0.2) is 6.04 Å². The Kier molecular flexibility index (Phi) is 3.75. The third kappa shape index (κ3) is 3.03. The molecule has 0 saturated heterocycles. The Bertz CT molecular complexity index is 352. The third-order valence-corrected chi connectivity index (χ3v) is 1.71. The average molecular weight is 210 g/mol. The molecule has 1 unspecified atom stereocenters. The number of aliphatic hydroxyl groups excluding tert-OH is 1. The van der Waals surface area contributed by atoms with E-state index in [0.29, 0.717) is 0 Å². The highest BCUT2D eigenvalue weighted by molar-refractivity contribution is 5.96. The summed E-state index contributed by atoms with van der Waals surface area (Å²) in [5.41, 5.74) is 0.247. The van der Waals surface area contributed by atoms with Crippen molar-refractivity contribution in [2.75, 3.05) is 6.61 Å². The van der Waals surface area contributed by atoms with Crippen LogP contribution in [0, 0.1) is 0 Å². The first kappa shape index (κ1) is 11.1. The van der Waals surface area contributed by atoms with Crippen LogP contribution in [0.5, 0.6) is 0 Å². The number of carboxylic acids is 1. The molecule has 0 aromatic carbocycles. The Morgan fingerprint density at radius 3 is 2.73 bits per heavy atom. The van der Waals surface area contributed by atoms with Crippen LogP contribution in [0.2, 0.25) is 0 Å². The summed E-state index contributed by atoms with van der Waals surface area (Å²) in [6.45, 7) is -0.651. The number of aromatic nitrogens is 1. The molecule has 6 nitrogen and oxygen atoms in total. The lowest BCUT2D eigenvalue weighted by Gasteiger charge is -2.10. The Morgan fingerprint density at radius 1 is 1.53 bits per heavy atom. The van der Waals surface area contributed by atoms with Crippen LogP contribution in [0.1, 0.15) is 10.4 Å². The van der Waals surface area contributed by atoms with Crippen molar-refractivity contribution in [1.82, 2.24) is 10.3 Å². The summed E-state index contributed by atoms with van der Waals surface area (Å²) in [4.78, 5) is 25.6. The van der Waals surface area contributed by atoms with E-state index in [-0.39, 0.29) is 5.56 Å². The van der Waals surface area contributed by atoms with Gasteiger partial charge in [-0.3, -0.25) is 9.78 Å². The zero-order chi connectivity index (χ0) is 11.3. The van der Waals surface area contributed by atoms with Gasteiger partial charge in [0.2, 0.25) is 0 Å². The Morgan fingerprint density at radius 2 is 2.27 bits per heavy atom. The topological polar surface area (TPSA) is 99.5 Å². The number of carbonyl (C=O) groups excluding carboxylic acids is 1. The van der Waals surface area contributed by atoms with Crippen molar-refractivity contribution >= 4 is 11.9 Å². The molecule has 0 fully saturated rings. The molecule has 1 aromatic heterocycles. The minimum Gasteiger partial charge on any atom is -0.480 e. The highest BCUT2D eigenvalue weighted by Gasteiger charge is 2.19. The molecule has 6 heteroatoms. The van der Waals surface area contributed by atoms with Gasteiger partial charge in [-0.1, -0.05) is 0 Å². The van der Waals surface area contributed by atoms with Crippen molar-refractivity contribution < 1.29 is 19.8 Å². The Hall–Kier alpha value is -1.95. The number of amides is 1. The molecule has 1 amide bonds. The maximum absolute atomic E-state index is 11.4. The molecule has 0 spiro atoms. The van der Waals surface area contributed by atoms with Crippen LogP contribution in [0.3, 0.4) is 0 Å². The number of pyridine rings is 1. The maximum atomic E-state index is 11.4. The van der Waals surface area contributed by atoms with Gasteiger partial charge in [0, 0.05) is 12.4 Å². The molecule has 0 bridgehead atoms. The van der Waals surface area contributed by atoms with Gasteiger partial charge < -0.3 is 15.5 Å². The predicted molar refractivity (Wildman–Crippen MR) is 50.2 cm³/mol. The molecule has 1 rings (SSSR count). The van der Waals surface area contributed by atoms with Crippen LogP contribution < -0.4 is 5.32 Å². The molecule has 1 heterocycles. The first-order valence-electron chi connectivity index (χ1n) is 4.19. The van der Waals surface area contributed by atoms with E-state index in [0.717, 1.165) is 0 Å². The van der Waals surface area contributed by atoms with E-state index in [2.05, 4.69) is 10.3 Å². The number of nitrogens with zero attached hydrogens (tertiary/aromatic N) is 1. The first-order chi connectivity index (χ1) is 7.15. The van der Waals surface area contributed by atoms with Gasteiger partial charge >= 0.3 is 5.97 Å². The normalized spacial score (nSPS) is 11.8. The highest BCUT2D eigenvalue weighted by Crippen LogP contribution is 1.96. The summed E-state index contributed by atoms with van der Waals surface area (Å²) in [5, 5.41) is 19.4. The number of carboxylic acid groups (broad SMARTS) is 1. The molecular formula is C9H10N2O4. The summed E-state index contributed by atoms with van der Waals surface area (Å²) < 4.78 is 0. The molecular weight excluding hydrogens is 200 g/mol. The quantitative estimate of drug-likeness (QED) is 0.607. The summed E-state index contributed by atoms with van der Waals surface area (Å²) in [5.74, 6) is -1.86. The van der Waals surface area contributed by atoms with E-state index < -0.39 is 24.5 Å². The molecule has 3 N–H and O–H groups in total. The SMILES string of the molecule is O=C(NC(CO)C(=O)O)c1cccnc1. The lowest BCUT2D eigenvalue weighted by atomic mass is 10.2. The van der Waals surface area contributed by atoms with E-state index >= 15 is 0 Å². The lowest BCUT2D eigenvalue weighted by Crippen LogP contribution is -2.43. The van der Waals surface area contributed by atoms with Crippen molar-refractivity contribution in [3.63, 3.8) is 0 Å². The molecule has 0 saturated carbocycles. The minimum absolute atomic E-state index is 0.247. The van der Waals surface area contributed by atoms with Crippen molar-refractivity contribution in [2.24, 2.45) is 0 Å². The summed E-state index contributed by atoms with van der Waals surface area (Å²) >= 11 is 0. The fourth-order valence-electron chi connectivity index (χ4n) is 0.924. The monoisotopic (exact) mass is 210 g/mol. The van der Waals surface area contributed by atoms with Crippen LogP contribution in [0.15, 0.2) is 24.5 Å². The minimum atomic E-state index is -1.29. The third-order valence-electron chi connectivity index (χ3n) is 1.71. The summed E-state index contributed by atoms with van der Waals surface area (Å²) in [6, 6.07) is 1.76. The van der Waals surface area contributed by atoms with Gasteiger partial charge in [-0.25, -0.2) is 4.79 Å². The number of nitrogens with one attached hydrogen (secondary N) is 1. The second-order valence-electron chi connectivity index (χ2n) is 2.79. The Balaban J connectivity index is 2.67. The van der Waals surface area contributed by atoms with Crippen LogP contribution in [-0.2, 0) is 4.79 Å². The molecule has 15 heavy (non-hydrogen) atoms. The Labute approximate surface area is 85.6 Å². The van der Waals surface area contributed by atoms with Crippen LogP contribution >= 0.6 is 0 Å². The van der Waals surface area contributed by atoms with Gasteiger partial charge in [-0.2, -0.15) is 0 Å². The van der Waals surface area contributed by atoms with Crippen LogP contribution in [-0.4, -0.2) is 39.7 Å². The van der Waals surface area contributed by atoms with Crippen molar-refractivity contribution in [3.8, 4) is 0 Å². The van der Waals surface area contributed by atoms with E-state index in [1.807, 2.05) is 0 Å².